The van der Waals surface area contributed by atoms with E-state index in [0.717, 1.165) is 0 Å². The van der Waals surface area contributed by atoms with Gasteiger partial charge in [0, 0.05) is 6.04 Å². The molecule has 2 rings (SSSR count). The molecule has 0 N–H and O–H groups in total. The van der Waals surface area contributed by atoms with E-state index in [9.17, 15) is 4.79 Å². The van der Waals surface area contributed by atoms with Crippen LogP contribution >= 0.6 is 11.6 Å². The molecule has 4 heteroatoms. The van der Waals surface area contributed by atoms with Gasteiger partial charge in [-0.15, -0.1) is 0 Å². The Bertz CT molecular complexity index is 452. The highest BCUT2D eigenvalue weighted by Gasteiger charge is 2.29. The van der Waals surface area contributed by atoms with Crippen molar-refractivity contribution in [2.24, 2.45) is 4.99 Å². The molecule has 0 aliphatic carbocycles. The summed E-state index contributed by atoms with van der Waals surface area (Å²) in [6.45, 7) is 3.82. The van der Waals surface area contributed by atoms with Gasteiger partial charge < -0.3 is 4.74 Å². The predicted octanol–water partition coefficient (Wildman–Crippen LogP) is 2.67. The van der Waals surface area contributed by atoms with Crippen LogP contribution in [0, 0.1) is 0 Å². The van der Waals surface area contributed by atoms with E-state index >= 15 is 0 Å². The Morgan fingerprint density at radius 1 is 1.40 bits per heavy atom. The lowest BCUT2D eigenvalue weighted by Gasteiger charge is -2.01. The van der Waals surface area contributed by atoms with Gasteiger partial charge in [0.15, 0.2) is 0 Å². The number of aliphatic imine (C=N–C) groups is 1. The van der Waals surface area contributed by atoms with Crippen LogP contribution in [0.3, 0.4) is 0 Å². The summed E-state index contributed by atoms with van der Waals surface area (Å²) in [7, 11) is 0. The van der Waals surface area contributed by atoms with Crippen LogP contribution in [-0.2, 0) is 4.74 Å². The molecule has 1 aromatic rings. The van der Waals surface area contributed by atoms with Crippen LogP contribution in [0.15, 0.2) is 23.2 Å². The van der Waals surface area contributed by atoms with E-state index in [4.69, 9.17) is 16.3 Å². The van der Waals surface area contributed by atoms with E-state index in [1.165, 1.54) is 0 Å². The van der Waals surface area contributed by atoms with Gasteiger partial charge in [0.25, 0.3) is 0 Å². The predicted molar refractivity (Wildman–Crippen MR) is 58.5 cm³/mol. The number of fused-ring (bicyclic) bond motifs is 1. The monoisotopic (exact) mass is 223 g/mol. The second kappa shape index (κ2) is 3.66. The molecule has 0 saturated heterocycles. The third kappa shape index (κ3) is 1.75. The summed E-state index contributed by atoms with van der Waals surface area (Å²) in [6, 6.07) is 5.20. The lowest BCUT2D eigenvalue weighted by atomic mass is 10.1. The number of hydrogen-bond donors (Lipinski definition) is 0. The number of esters is 1. The molecule has 0 radical (unpaired) electrons. The maximum atomic E-state index is 11.4. The summed E-state index contributed by atoms with van der Waals surface area (Å²) < 4.78 is 5.05. The molecule has 78 valence electrons. The van der Waals surface area contributed by atoms with Crippen molar-refractivity contribution in [3.8, 4) is 0 Å². The van der Waals surface area contributed by atoms with Gasteiger partial charge in [-0.3, -0.25) is 0 Å². The van der Waals surface area contributed by atoms with Gasteiger partial charge in [0.05, 0.1) is 16.1 Å². The molecule has 0 atom stereocenters. The van der Waals surface area contributed by atoms with Gasteiger partial charge in [-0.2, -0.15) is 0 Å². The zero-order chi connectivity index (χ0) is 11.0. The second-order valence-corrected chi connectivity index (χ2v) is 3.99. The van der Waals surface area contributed by atoms with Crippen molar-refractivity contribution in [1.29, 1.82) is 0 Å². The minimum atomic E-state index is -0.382. The summed E-state index contributed by atoms with van der Waals surface area (Å²) >= 11 is 6.00. The molecule has 0 amide bonds. The fraction of sp³-hybridized carbons (Fsp3) is 0.273. The molecule has 1 aromatic carbocycles. The molecule has 0 unspecified atom stereocenters. The van der Waals surface area contributed by atoms with E-state index in [0.29, 0.717) is 22.0 Å². The van der Waals surface area contributed by atoms with Crippen molar-refractivity contribution < 1.29 is 9.53 Å². The van der Waals surface area contributed by atoms with Crippen LogP contribution in [0.2, 0.25) is 5.02 Å². The highest BCUT2D eigenvalue weighted by Crippen LogP contribution is 2.27. The summed E-state index contributed by atoms with van der Waals surface area (Å²) in [5.41, 5.74) is 1.10. The van der Waals surface area contributed by atoms with Crippen molar-refractivity contribution in [2.45, 2.75) is 19.9 Å². The second-order valence-electron chi connectivity index (χ2n) is 3.58. The fourth-order valence-electron chi connectivity index (χ4n) is 1.43. The van der Waals surface area contributed by atoms with Crippen LogP contribution in [0.5, 0.6) is 0 Å². The largest absolute Gasteiger partial charge is 0.403 e. The fourth-order valence-corrected chi connectivity index (χ4v) is 1.69. The maximum Gasteiger partial charge on any atom is 0.345 e. The van der Waals surface area contributed by atoms with E-state index in [1.807, 2.05) is 13.8 Å². The molecule has 0 saturated carbocycles. The lowest BCUT2D eigenvalue weighted by molar-refractivity contribution is 0.0736. The Kier molecular flexibility index (Phi) is 2.49. The summed E-state index contributed by atoms with van der Waals surface area (Å²) in [5.74, 6) is -0.0532. The van der Waals surface area contributed by atoms with E-state index in [1.54, 1.807) is 18.2 Å². The third-order valence-electron chi connectivity index (χ3n) is 2.01. The first-order valence-corrected chi connectivity index (χ1v) is 5.06. The molecule has 0 fully saturated rings. The van der Waals surface area contributed by atoms with Crippen LogP contribution in [0.25, 0.3) is 0 Å². The number of cyclic esters (lactones) is 1. The summed E-state index contributed by atoms with van der Waals surface area (Å²) in [6.07, 6.45) is 0. The molecule has 1 aliphatic heterocycles. The molecule has 3 nitrogen and oxygen atoms in total. The molecule has 0 spiro atoms. The van der Waals surface area contributed by atoms with Crippen LogP contribution in [0.4, 0.5) is 0 Å². The minimum absolute atomic E-state index is 0.0648. The Labute approximate surface area is 92.7 Å². The highest BCUT2D eigenvalue weighted by atomic mass is 35.5. The van der Waals surface area contributed by atoms with Crippen molar-refractivity contribution in [2.75, 3.05) is 0 Å². The molecule has 15 heavy (non-hydrogen) atoms. The van der Waals surface area contributed by atoms with Gasteiger partial charge >= 0.3 is 5.97 Å². The summed E-state index contributed by atoms with van der Waals surface area (Å²) in [4.78, 5) is 15.7. The highest BCUT2D eigenvalue weighted by molar-refractivity contribution is 6.36. The van der Waals surface area contributed by atoms with E-state index in [-0.39, 0.29) is 12.0 Å². The number of rotatable bonds is 1. The Morgan fingerprint density at radius 2 is 2.13 bits per heavy atom. The van der Waals surface area contributed by atoms with Crippen molar-refractivity contribution in [3.63, 3.8) is 0 Å². The van der Waals surface area contributed by atoms with Crippen molar-refractivity contribution in [3.05, 3.63) is 34.3 Å². The normalized spacial score (nSPS) is 17.1. The van der Waals surface area contributed by atoms with Crippen LogP contribution in [0.1, 0.15) is 29.8 Å². The molecule has 1 heterocycles. The molecular formula is C11H10ClNO2. The quantitative estimate of drug-likeness (QED) is 0.687. The number of carbonyl (C=O) groups is 1. The van der Waals surface area contributed by atoms with Crippen LogP contribution in [-0.4, -0.2) is 17.9 Å². The lowest BCUT2D eigenvalue weighted by Crippen LogP contribution is -2.04. The number of nitrogens with zero attached hydrogens (tertiary/aromatic N) is 1. The zero-order valence-electron chi connectivity index (χ0n) is 8.45. The standard InChI is InChI=1S/C11H10ClNO2/c1-6(2)13-10-9-7(11(14)15-10)4-3-5-8(9)12/h3-6H,1-2H3. The van der Waals surface area contributed by atoms with Gasteiger partial charge in [-0.25, -0.2) is 9.79 Å². The molecule has 1 aliphatic rings. The number of ether oxygens (including phenoxy) is 1. The van der Waals surface area contributed by atoms with E-state index in [2.05, 4.69) is 4.99 Å². The molecule has 0 aromatic heterocycles. The number of hydrogen-bond acceptors (Lipinski definition) is 3. The number of carbonyl (C=O) groups excluding carboxylic acids is 1. The number of benzene rings is 1. The first kappa shape index (κ1) is 10.2. The van der Waals surface area contributed by atoms with Gasteiger partial charge in [0.2, 0.25) is 5.90 Å². The Balaban J connectivity index is 2.58. The van der Waals surface area contributed by atoms with Gasteiger partial charge in [-0.05, 0) is 26.0 Å². The molecular weight excluding hydrogens is 214 g/mol. The molecule has 0 bridgehead atoms. The Morgan fingerprint density at radius 3 is 2.80 bits per heavy atom. The number of halogens is 1. The average molecular weight is 224 g/mol. The van der Waals surface area contributed by atoms with Gasteiger partial charge in [-0.1, -0.05) is 17.7 Å². The zero-order valence-corrected chi connectivity index (χ0v) is 9.21. The van der Waals surface area contributed by atoms with Gasteiger partial charge in [0.1, 0.15) is 0 Å². The topological polar surface area (TPSA) is 38.7 Å². The minimum Gasteiger partial charge on any atom is -0.403 e. The van der Waals surface area contributed by atoms with Crippen LogP contribution < -0.4 is 0 Å². The van der Waals surface area contributed by atoms with Crippen molar-refractivity contribution in [1.82, 2.24) is 0 Å². The van der Waals surface area contributed by atoms with E-state index < -0.39 is 0 Å². The average Bonchev–Trinajstić information content (AvgIpc) is 2.44. The SMILES string of the molecule is CC(C)N=C1OC(=O)c2cccc(Cl)c21. The summed E-state index contributed by atoms with van der Waals surface area (Å²) in [5, 5.41) is 0.498. The first-order chi connectivity index (χ1) is 7.09. The Hall–Kier alpha value is -1.35. The maximum absolute atomic E-state index is 11.4. The van der Waals surface area contributed by atoms with Crippen molar-refractivity contribution >= 4 is 23.5 Å². The smallest absolute Gasteiger partial charge is 0.345 e. The third-order valence-corrected chi connectivity index (χ3v) is 2.33. The first-order valence-electron chi connectivity index (χ1n) is 4.68.